The van der Waals surface area contributed by atoms with Crippen molar-refractivity contribution in [2.75, 3.05) is 23.4 Å². The average Bonchev–Trinajstić information content (AvgIpc) is 2.81. The average molecular weight is 207 g/mol. The maximum atomic E-state index is 5.38. The Morgan fingerprint density at radius 2 is 2.13 bits per heavy atom. The minimum Gasteiger partial charge on any atom is -0.356 e. The Kier molecular flexibility index (Phi) is 3.01. The summed E-state index contributed by atoms with van der Waals surface area (Å²) >= 11 is 0. The minimum absolute atomic E-state index is 0.698. The van der Waals surface area contributed by atoms with Crippen LogP contribution in [0.3, 0.4) is 0 Å². The lowest BCUT2D eigenvalue weighted by Gasteiger charge is -2.17. The zero-order valence-corrected chi connectivity index (χ0v) is 9.03. The second-order valence-electron chi connectivity index (χ2n) is 3.72. The predicted molar refractivity (Wildman–Crippen MR) is 60.7 cm³/mol. The van der Waals surface area contributed by atoms with Crippen LogP contribution in [0.15, 0.2) is 6.07 Å². The lowest BCUT2D eigenvalue weighted by molar-refractivity contribution is 0.878. The second-order valence-corrected chi connectivity index (χ2v) is 3.72. The number of nitrogens with zero attached hydrogens (tertiary/aromatic N) is 3. The van der Waals surface area contributed by atoms with Crippen LogP contribution in [-0.4, -0.2) is 23.1 Å². The first kappa shape index (κ1) is 10.2. The van der Waals surface area contributed by atoms with Crippen molar-refractivity contribution in [2.24, 2.45) is 5.84 Å². The first-order valence-corrected chi connectivity index (χ1v) is 5.43. The number of hydrogen-bond donors (Lipinski definition) is 2. The van der Waals surface area contributed by atoms with Crippen LogP contribution in [-0.2, 0) is 6.42 Å². The summed E-state index contributed by atoms with van der Waals surface area (Å²) in [5.74, 6) is 7.91. The van der Waals surface area contributed by atoms with Crippen LogP contribution in [0, 0.1) is 0 Å². The summed E-state index contributed by atoms with van der Waals surface area (Å²) in [7, 11) is 0. The Labute approximate surface area is 89.7 Å². The Hall–Kier alpha value is -1.36. The third-order valence-electron chi connectivity index (χ3n) is 2.65. The fraction of sp³-hybridized carbons (Fsp3) is 0.600. The number of nitrogens with two attached hydrogens (primary N) is 1. The second kappa shape index (κ2) is 4.44. The van der Waals surface area contributed by atoms with Crippen molar-refractivity contribution in [1.82, 2.24) is 9.97 Å². The molecule has 0 radical (unpaired) electrons. The van der Waals surface area contributed by atoms with E-state index >= 15 is 0 Å². The molecule has 5 nitrogen and oxygen atoms in total. The highest BCUT2D eigenvalue weighted by atomic mass is 15.3. The molecule has 3 N–H and O–H groups in total. The van der Waals surface area contributed by atoms with Crippen LogP contribution in [0.4, 0.5) is 11.6 Å². The molecule has 0 saturated carbocycles. The van der Waals surface area contributed by atoms with Gasteiger partial charge in [-0.2, -0.15) is 0 Å². The maximum absolute atomic E-state index is 5.38. The van der Waals surface area contributed by atoms with Gasteiger partial charge < -0.3 is 10.3 Å². The van der Waals surface area contributed by atoms with Gasteiger partial charge >= 0.3 is 0 Å². The first-order chi connectivity index (χ1) is 7.33. The van der Waals surface area contributed by atoms with Crippen LogP contribution >= 0.6 is 0 Å². The van der Waals surface area contributed by atoms with Gasteiger partial charge in [0.15, 0.2) is 0 Å². The molecule has 1 aromatic rings. The highest BCUT2D eigenvalue weighted by Crippen LogP contribution is 2.20. The zero-order valence-electron chi connectivity index (χ0n) is 9.03. The minimum atomic E-state index is 0.698. The molecule has 1 fully saturated rings. The van der Waals surface area contributed by atoms with Crippen molar-refractivity contribution in [1.29, 1.82) is 0 Å². The Balaban J connectivity index is 2.28. The number of rotatable bonds is 3. The predicted octanol–water partition coefficient (Wildman–Crippen LogP) is 0.925. The van der Waals surface area contributed by atoms with Crippen LogP contribution in [0.2, 0.25) is 0 Å². The lowest BCUT2D eigenvalue weighted by atomic mass is 10.4. The molecule has 0 unspecified atom stereocenters. The van der Waals surface area contributed by atoms with E-state index in [1.54, 1.807) is 0 Å². The largest absolute Gasteiger partial charge is 0.356 e. The summed E-state index contributed by atoms with van der Waals surface area (Å²) in [6.07, 6.45) is 3.32. The van der Waals surface area contributed by atoms with Crippen LogP contribution < -0.4 is 16.2 Å². The molecule has 2 heterocycles. The molecule has 0 aliphatic carbocycles. The third-order valence-corrected chi connectivity index (χ3v) is 2.65. The molecule has 0 aromatic carbocycles. The van der Waals surface area contributed by atoms with Crippen molar-refractivity contribution < 1.29 is 0 Å². The van der Waals surface area contributed by atoms with E-state index in [2.05, 4.69) is 20.3 Å². The highest BCUT2D eigenvalue weighted by molar-refractivity contribution is 5.49. The molecule has 15 heavy (non-hydrogen) atoms. The molecule has 1 aromatic heterocycles. The van der Waals surface area contributed by atoms with Crippen molar-refractivity contribution in [3.63, 3.8) is 0 Å². The summed E-state index contributed by atoms with van der Waals surface area (Å²) in [5, 5.41) is 0. The first-order valence-electron chi connectivity index (χ1n) is 5.43. The van der Waals surface area contributed by atoms with Gasteiger partial charge in [-0.25, -0.2) is 15.8 Å². The molecular weight excluding hydrogens is 190 g/mol. The highest BCUT2D eigenvalue weighted by Gasteiger charge is 2.15. The van der Waals surface area contributed by atoms with Gasteiger partial charge in [0.05, 0.1) is 0 Å². The molecule has 0 amide bonds. The summed E-state index contributed by atoms with van der Waals surface area (Å²) < 4.78 is 0. The standard InChI is InChI=1S/C10H17N5/c1-2-8-12-9(14-11)7-10(13-8)15-5-3-4-6-15/h7H,2-6,11H2,1H3,(H,12,13,14). The molecule has 5 heteroatoms. The molecule has 1 aliphatic rings. The number of hydrazine groups is 1. The smallest absolute Gasteiger partial charge is 0.145 e. The van der Waals surface area contributed by atoms with Gasteiger partial charge in [0.2, 0.25) is 0 Å². The van der Waals surface area contributed by atoms with Crippen LogP contribution in [0.5, 0.6) is 0 Å². The lowest BCUT2D eigenvalue weighted by Crippen LogP contribution is -2.21. The van der Waals surface area contributed by atoms with Gasteiger partial charge in [0, 0.05) is 25.6 Å². The molecular formula is C10H17N5. The number of anilines is 2. The van der Waals surface area contributed by atoms with E-state index in [0.717, 1.165) is 31.2 Å². The molecule has 2 rings (SSSR count). The Bertz CT molecular complexity index is 310. The molecule has 0 atom stereocenters. The van der Waals surface area contributed by atoms with Gasteiger partial charge in [-0.05, 0) is 12.8 Å². The van der Waals surface area contributed by atoms with E-state index in [1.165, 1.54) is 12.8 Å². The molecule has 0 bridgehead atoms. The number of nitrogen functional groups attached to an aromatic ring is 1. The molecule has 1 saturated heterocycles. The fourth-order valence-corrected chi connectivity index (χ4v) is 1.82. The quantitative estimate of drug-likeness (QED) is 0.570. The van der Waals surface area contributed by atoms with Crippen molar-refractivity contribution in [3.8, 4) is 0 Å². The van der Waals surface area contributed by atoms with E-state index in [4.69, 9.17) is 5.84 Å². The van der Waals surface area contributed by atoms with Gasteiger partial charge in [-0.1, -0.05) is 6.92 Å². The number of aryl methyl sites for hydroxylation is 1. The normalized spacial score (nSPS) is 15.7. The van der Waals surface area contributed by atoms with Gasteiger partial charge in [-0.3, -0.25) is 0 Å². The van der Waals surface area contributed by atoms with Crippen molar-refractivity contribution in [3.05, 3.63) is 11.9 Å². The van der Waals surface area contributed by atoms with Gasteiger partial charge in [0.1, 0.15) is 17.5 Å². The van der Waals surface area contributed by atoms with Crippen molar-refractivity contribution in [2.45, 2.75) is 26.2 Å². The summed E-state index contributed by atoms with van der Waals surface area (Å²) in [5.41, 5.74) is 2.59. The molecule has 1 aliphatic heterocycles. The Morgan fingerprint density at radius 3 is 2.73 bits per heavy atom. The van der Waals surface area contributed by atoms with E-state index in [0.29, 0.717) is 5.82 Å². The van der Waals surface area contributed by atoms with Gasteiger partial charge in [-0.15, -0.1) is 0 Å². The topological polar surface area (TPSA) is 67.1 Å². The van der Waals surface area contributed by atoms with Crippen LogP contribution in [0.1, 0.15) is 25.6 Å². The summed E-state index contributed by atoms with van der Waals surface area (Å²) in [4.78, 5) is 11.0. The summed E-state index contributed by atoms with van der Waals surface area (Å²) in [6.45, 7) is 4.22. The van der Waals surface area contributed by atoms with E-state index < -0.39 is 0 Å². The molecule has 82 valence electrons. The number of nitrogens with one attached hydrogen (secondary N) is 1. The fourth-order valence-electron chi connectivity index (χ4n) is 1.82. The van der Waals surface area contributed by atoms with Gasteiger partial charge in [0.25, 0.3) is 0 Å². The van der Waals surface area contributed by atoms with E-state index in [1.807, 2.05) is 13.0 Å². The third kappa shape index (κ3) is 2.18. The van der Waals surface area contributed by atoms with E-state index in [-0.39, 0.29) is 0 Å². The monoisotopic (exact) mass is 207 g/mol. The number of hydrogen-bond acceptors (Lipinski definition) is 5. The number of aromatic nitrogens is 2. The zero-order chi connectivity index (χ0) is 10.7. The maximum Gasteiger partial charge on any atom is 0.145 e. The summed E-state index contributed by atoms with van der Waals surface area (Å²) in [6, 6.07) is 1.91. The Morgan fingerprint density at radius 1 is 1.40 bits per heavy atom. The van der Waals surface area contributed by atoms with E-state index in [9.17, 15) is 0 Å². The SMILES string of the molecule is CCc1nc(NN)cc(N2CCCC2)n1. The molecule has 0 spiro atoms. The van der Waals surface area contributed by atoms with Crippen LogP contribution in [0.25, 0.3) is 0 Å². The van der Waals surface area contributed by atoms with Crippen molar-refractivity contribution >= 4 is 11.6 Å².